The maximum atomic E-state index is 4.46. The molecule has 1 saturated heterocycles. The molecule has 0 aliphatic carbocycles. The normalized spacial score (nSPS) is 18.8. The van der Waals surface area contributed by atoms with Gasteiger partial charge in [0.15, 0.2) is 5.96 Å². The topological polar surface area (TPSA) is 60.7 Å². The molecule has 2 atom stereocenters. The molecule has 7 nitrogen and oxygen atoms in total. The minimum Gasteiger partial charge on any atom is -0.369 e. The van der Waals surface area contributed by atoms with Gasteiger partial charge in [-0.05, 0) is 46.0 Å². The first-order valence-corrected chi connectivity index (χ1v) is 10.4. The Hall–Kier alpha value is -2.54. The van der Waals surface area contributed by atoms with Crippen LogP contribution in [0.15, 0.2) is 41.7 Å². The van der Waals surface area contributed by atoms with Crippen molar-refractivity contribution in [1.82, 2.24) is 25.3 Å². The fourth-order valence-electron chi connectivity index (χ4n) is 3.88. The minimum atomic E-state index is 0.234. The van der Waals surface area contributed by atoms with Gasteiger partial charge in [-0.25, -0.2) is 0 Å². The molecular formula is C22H35N7. The highest BCUT2D eigenvalue weighted by molar-refractivity contribution is 5.80. The standard InChI is InChI=1S/C22H35N7/c1-17-8-10-20(11-9-17)29-12-6-7-19(16-29)26-22(23-2)24-14-21(27(3)4)18-13-25-28(5)15-18/h8-11,13,15,19,21H,6-7,12,14,16H2,1-5H3,(H2,23,24,26). The Morgan fingerprint density at radius 2 is 2.07 bits per heavy atom. The van der Waals surface area contributed by atoms with Crippen molar-refractivity contribution in [3.8, 4) is 0 Å². The van der Waals surface area contributed by atoms with Gasteiger partial charge in [0.05, 0.1) is 12.2 Å². The van der Waals surface area contributed by atoms with Crippen LogP contribution in [0.5, 0.6) is 0 Å². The predicted molar refractivity (Wildman–Crippen MR) is 121 cm³/mol. The highest BCUT2D eigenvalue weighted by Gasteiger charge is 2.22. The molecule has 2 N–H and O–H groups in total. The Morgan fingerprint density at radius 1 is 1.31 bits per heavy atom. The summed E-state index contributed by atoms with van der Waals surface area (Å²) in [6.45, 7) is 5.00. The lowest BCUT2D eigenvalue weighted by molar-refractivity contribution is 0.297. The number of aryl methyl sites for hydroxylation is 2. The summed E-state index contributed by atoms with van der Waals surface area (Å²) in [5.74, 6) is 0.858. The van der Waals surface area contributed by atoms with Gasteiger partial charge in [0, 0.05) is 57.2 Å². The zero-order valence-electron chi connectivity index (χ0n) is 18.4. The molecule has 0 radical (unpaired) electrons. The third-order valence-electron chi connectivity index (χ3n) is 5.58. The molecule has 3 rings (SSSR count). The van der Waals surface area contributed by atoms with Crippen molar-refractivity contribution in [3.63, 3.8) is 0 Å². The van der Waals surface area contributed by atoms with Gasteiger partial charge in [0.25, 0.3) is 0 Å². The Balaban J connectivity index is 1.57. The maximum absolute atomic E-state index is 4.46. The average molecular weight is 398 g/mol. The van der Waals surface area contributed by atoms with E-state index in [1.54, 1.807) is 0 Å². The first kappa shape index (κ1) is 21.2. The fraction of sp³-hybridized carbons (Fsp3) is 0.545. The van der Waals surface area contributed by atoms with Crippen LogP contribution >= 0.6 is 0 Å². The number of guanidine groups is 1. The van der Waals surface area contributed by atoms with E-state index in [1.165, 1.54) is 23.2 Å². The van der Waals surface area contributed by atoms with Crippen LogP contribution in [-0.2, 0) is 7.05 Å². The second kappa shape index (κ2) is 9.78. The van der Waals surface area contributed by atoms with Crippen LogP contribution in [0.3, 0.4) is 0 Å². The number of rotatable bonds is 6. The van der Waals surface area contributed by atoms with Crippen molar-refractivity contribution >= 4 is 11.6 Å². The van der Waals surface area contributed by atoms with E-state index in [4.69, 9.17) is 0 Å². The van der Waals surface area contributed by atoms with E-state index in [-0.39, 0.29) is 6.04 Å². The highest BCUT2D eigenvalue weighted by atomic mass is 15.3. The monoisotopic (exact) mass is 397 g/mol. The third kappa shape index (κ3) is 5.73. The summed E-state index contributed by atoms with van der Waals surface area (Å²) in [6.07, 6.45) is 6.34. The van der Waals surface area contributed by atoms with E-state index in [2.05, 4.69) is 82.0 Å². The van der Waals surface area contributed by atoms with Crippen LogP contribution in [-0.4, -0.2) is 67.5 Å². The minimum absolute atomic E-state index is 0.234. The number of anilines is 1. The Bertz CT molecular complexity index is 794. The van der Waals surface area contributed by atoms with Crippen molar-refractivity contribution in [1.29, 1.82) is 0 Å². The van der Waals surface area contributed by atoms with Crippen LogP contribution in [0.1, 0.15) is 30.0 Å². The number of hydrogen-bond acceptors (Lipinski definition) is 4. The van der Waals surface area contributed by atoms with E-state index in [0.717, 1.165) is 32.0 Å². The Morgan fingerprint density at radius 3 is 2.69 bits per heavy atom. The van der Waals surface area contributed by atoms with Crippen molar-refractivity contribution < 1.29 is 0 Å². The Labute approximate surface area is 174 Å². The summed E-state index contributed by atoms with van der Waals surface area (Å²) < 4.78 is 1.85. The SMILES string of the molecule is CN=C(NCC(c1cnn(C)c1)N(C)C)NC1CCCN(c2ccc(C)cc2)C1. The number of aliphatic imine (C=N–C) groups is 1. The number of benzene rings is 1. The second-order valence-electron chi connectivity index (χ2n) is 8.14. The number of hydrogen-bond donors (Lipinski definition) is 2. The molecule has 0 bridgehead atoms. The van der Waals surface area contributed by atoms with Crippen molar-refractivity contribution in [2.24, 2.45) is 12.0 Å². The quantitative estimate of drug-likeness (QED) is 0.578. The predicted octanol–water partition coefficient (Wildman–Crippen LogP) is 2.17. The zero-order chi connectivity index (χ0) is 20.8. The summed E-state index contributed by atoms with van der Waals surface area (Å²) in [4.78, 5) is 9.13. The zero-order valence-corrected chi connectivity index (χ0v) is 18.4. The lowest BCUT2D eigenvalue weighted by atomic mass is 10.0. The first-order valence-electron chi connectivity index (χ1n) is 10.4. The van der Waals surface area contributed by atoms with E-state index in [1.807, 2.05) is 25.0 Å². The van der Waals surface area contributed by atoms with Crippen molar-refractivity contribution in [2.45, 2.75) is 31.8 Å². The molecule has 158 valence electrons. The van der Waals surface area contributed by atoms with Gasteiger partial charge in [-0.3, -0.25) is 9.67 Å². The van der Waals surface area contributed by atoms with Crippen LogP contribution in [0.4, 0.5) is 5.69 Å². The molecule has 2 unspecified atom stereocenters. The van der Waals surface area contributed by atoms with Crippen LogP contribution < -0.4 is 15.5 Å². The molecule has 0 saturated carbocycles. The number of piperidine rings is 1. The number of likely N-dealkylation sites (N-methyl/N-ethyl adjacent to an activating group) is 1. The molecule has 1 aliphatic rings. The first-order chi connectivity index (χ1) is 14.0. The van der Waals surface area contributed by atoms with E-state index in [9.17, 15) is 0 Å². The summed E-state index contributed by atoms with van der Waals surface area (Å²) in [6, 6.07) is 9.44. The Kier molecular flexibility index (Phi) is 7.14. The van der Waals surface area contributed by atoms with Crippen LogP contribution in [0.2, 0.25) is 0 Å². The largest absolute Gasteiger partial charge is 0.369 e. The van der Waals surface area contributed by atoms with Gasteiger partial charge in [-0.15, -0.1) is 0 Å². The summed E-state index contributed by atoms with van der Waals surface area (Å²) >= 11 is 0. The molecule has 0 spiro atoms. The lowest BCUT2D eigenvalue weighted by Crippen LogP contribution is -2.52. The number of aromatic nitrogens is 2. The van der Waals surface area contributed by atoms with Gasteiger partial charge < -0.3 is 20.4 Å². The van der Waals surface area contributed by atoms with Crippen molar-refractivity contribution in [2.75, 3.05) is 45.7 Å². The van der Waals surface area contributed by atoms with E-state index in [0.29, 0.717) is 6.04 Å². The molecular weight excluding hydrogens is 362 g/mol. The molecule has 2 heterocycles. The van der Waals surface area contributed by atoms with E-state index < -0.39 is 0 Å². The van der Waals surface area contributed by atoms with Gasteiger partial charge in [0.1, 0.15) is 0 Å². The molecule has 29 heavy (non-hydrogen) atoms. The number of nitrogens with one attached hydrogen (secondary N) is 2. The summed E-state index contributed by atoms with van der Waals surface area (Å²) in [7, 11) is 7.98. The molecule has 1 aromatic heterocycles. The summed E-state index contributed by atoms with van der Waals surface area (Å²) in [5, 5.41) is 11.4. The number of nitrogens with zero attached hydrogens (tertiary/aromatic N) is 5. The molecule has 0 amide bonds. The van der Waals surface area contributed by atoms with Crippen LogP contribution in [0.25, 0.3) is 0 Å². The van der Waals surface area contributed by atoms with Gasteiger partial charge in [-0.2, -0.15) is 5.10 Å². The highest BCUT2D eigenvalue weighted by Crippen LogP contribution is 2.20. The van der Waals surface area contributed by atoms with E-state index >= 15 is 0 Å². The van der Waals surface area contributed by atoms with Gasteiger partial charge in [-0.1, -0.05) is 17.7 Å². The third-order valence-corrected chi connectivity index (χ3v) is 5.58. The maximum Gasteiger partial charge on any atom is 0.191 e. The van der Waals surface area contributed by atoms with Gasteiger partial charge >= 0.3 is 0 Å². The molecule has 1 fully saturated rings. The second-order valence-corrected chi connectivity index (χ2v) is 8.14. The fourth-order valence-corrected chi connectivity index (χ4v) is 3.88. The van der Waals surface area contributed by atoms with Gasteiger partial charge in [0.2, 0.25) is 0 Å². The molecule has 7 heteroatoms. The lowest BCUT2D eigenvalue weighted by Gasteiger charge is -2.35. The van der Waals surface area contributed by atoms with Crippen LogP contribution in [0, 0.1) is 6.92 Å². The molecule has 2 aromatic rings. The van der Waals surface area contributed by atoms with Crippen molar-refractivity contribution in [3.05, 3.63) is 47.8 Å². The average Bonchev–Trinajstić information content (AvgIpc) is 3.13. The molecule has 1 aliphatic heterocycles. The molecule has 1 aromatic carbocycles. The summed E-state index contributed by atoms with van der Waals surface area (Å²) in [5.41, 5.74) is 3.80. The smallest absolute Gasteiger partial charge is 0.191 e.